The topological polar surface area (TPSA) is 131 Å². The molecule has 2 amide bonds. The molecule has 1 rings (SSSR count). The third-order valence-electron chi connectivity index (χ3n) is 2.45. The number of hydrogen-bond acceptors (Lipinski definition) is 5. The van der Waals surface area contributed by atoms with E-state index in [4.69, 9.17) is 15.7 Å². The number of nitrogens with two attached hydrogens (primary N) is 1. The first-order valence-electron chi connectivity index (χ1n) is 5.52. The van der Waals surface area contributed by atoms with Crippen molar-refractivity contribution in [2.45, 2.75) is 20.1 Å². The average molecular weight is 272 g/mol. The third kappa shape index (κ3) is 3.93. The number of ether oxygens (including phenoxy) is 1. The van der Waals surface area contributed by atoms with Gasteiger partial charge in [0.15, 0.2) is 0 Å². The van der Waals surface area contributed by atoms with Crippen molar-refractivity contribution >= 4 is 6.03 Å². The summed E-state index contributed by atoms with van der Waals surface area (Å²) in [5.74, 6) is 0. The van der Waals surface area contributed by atoms with Crippen LogP contribution >= 0.6 is 0 Å². The number of urea groups is 1. The molecule has 0 radical (unpaired) electrons. The first kappa shape index (κ1) is 14.9. The molecule has 0 aliphatic heterocycles. The molecule has 1 aromatic rings. The van der Waals surface area contributed by atoms with E-state index < -0.39 is 23.5 Å². The van der Waals surface area contributed by atoms with Gasteiger partial charge in [0.05, 0.1) is 13.2 Å². The number of aromatic amines is 1. The number of H-pyrrole nitrogens is 1. The summed E-state index contributed by atoms with van der Waals surface area (Å²) in [6.45, 7) is 3.00. The van der Waals surface area contributed by atoms with Crippen LogP contribution in [-0.2, 0) is 4.74 Å². The first-order valence-corrected chi connectivity index (χ1v) is 5.52. The van der Waals surface area contributed by atoms with Gasteiger partial charge in [0.25, 0.3) is 5.56 Å². The number of nitrogens with one attached hydrogen (secondary N) is 1. The highest BCUT2D eigenvalue weighted by molar-refractivity contribution is 5.70. The van der Waals surface area contributed by atoms with E-state index in [2.05, 4.69) is 4.98 Å². The Hall–Kier alpha value is -2.13. The van der Waals surface area contributed by atoms with E-state index in [0.717, 1.165) is 0 Å². The van der Waals surface area contributed by atoms with Crippen molar-refractivity contribution in [2.24, 2.45) is 5.73 Å². The molecule has 0 saturated heterocycles. The number of primary amides is 1. The molecule has 0 fully saturated rings. The zero-order valence-electron chi connectivity index (χ0n) is 10.6. The third-order valence-corrected chi connectivity index (χ3v) is 2.45. The Kier molecular flexibility index (Phi) is 4.84. The second-order valence-electron chi connectivity index (χ2n) is 3.91. The van der Waals surface area contributed by atoms with Crippen molar-refractivity contribution in [1.29, 1.82) is 0 Å². The van der Waals surface area contributed by atoms with Gasteiger partial charge in [0.1, 0.15) is 6.23 Å². The maximum Gasteiger partial charge on any atom is 0.338 e. The summed E-state index contributed by atoms with van der Waals surface area (Å²) >= 11 is 0. The number of aromatic nitrogens is 2. The van der Waals surface area contributed by atoms with Gasteiger partial charge >= 0.3 is 11.7 Å². The molecular formula is C10H16N4O5. The Morgan fingerprint density at radius 1 is 1.63 bits per heavy atom. The maximum atomic E-state index is 11.5. The quantitative estimate of drug-likeness (QED) is 0.474. The zero-order valence-corrected chi connectivity index (χ0v) is 10.6. The number of hydrogen-bond donors (Lipinski definition) is 3. The molecule has 0 aromatic carbocycles. The van der Waals surface area contributed by atoms with Crippen molar-refractivity contribution in [3.63, 3.8) is 0 Å². The summed E-state index contributed by atoms with van der Waals surface area (Å²) in [7, 11) is 0. The highest BCUT2D eigenvalue weighted by atomic mass is 16.5. The van der Waals surface area contributed by atoms with Crippen LogP contribution in [0.25, 0.3) is 0 Å². The van der Waals surface area contributed by atoms with E-state index in [-0.39, 0.29) is 13.2 Å². The van der Waals surface area contributed by atoms with E-state index in [1.165, 1.54) is 10.8 Å². The molecule has 0 saturated carbocycles. The molecule has 1 unspecified atom stereocenters. The van der Waals surface area contributed by atoms with Crippen molar-refractivity contribution in [2.75, 3.05) is 13.2 Å². The van der Waals surface area contributed by atoms with Crippen LogP contribution in [0.4, 0.5) is 4.79 Å². The minimum atomic E-state index is -0.992. The van der Waals surface area contributed by atoms with Gasteiger partial charge in [-0.2, -0.15) is 0 Å². The van der Waals surface area contributed by atoms with E-state index in [1.54, 1.807) is 13.8 Å². The van der Waals surface area contributed by atoms with Gasteiger partial charge in [-0.3, -0.25) is 19.6 Å². The van der Waals surface area contributed by atoms with Crippen LogP contribution < -0.4 is 17.0 Å². The zero-order chi connectivity index (χ0) is 14.6. The second-order valence-corrected chi connectivity index (χ2v) is 3.91. The van der Waals surface area contributed by atoms with Gasteiger partial charge in [-0.05, 0) is 13.8 Å². The predicted molar refractivity (Wildman–Crippen MR) is 64.8 cm³/mol. The van der Waals surface area contributed by atoms with Crippen molar-refractivity contribution in [1.82, 2.24) is 14.6 Å². The Labute approximate surface area is 108 Å². The summed E-state index contributed by atoms with van der Waals surface area (Å²) < 4.78 is 6.45. The fourth-order valence-electron chi connectivity index (χ4n) is 1.36. The Balaban J connectivity index is 2.67. The molecule has 0 spiro atoms. The van der Waals surface area contributed by atoms with Gasteiger partial charge in [0, 0.05) is 11.8 Å². The van der Waals surface area contributed by atoms with Crippen LogP contribution in [0.5, 0.6) is 0 Å². The number of amides is 2. The summed E-state index contributed by atoms with van der Waals surface area (Å²) in [6, 6.07) is -0.992. The summed E-state index contributed by atoms with van der Waals surface area (Å²) in [4.78, 5) is 35.4. The van der Waals surface area contributed by atoms with E-state index in [9.17, 15) is 14.4 Å². The van der Waals surface area contributed by atoms with E-state index in [1.807, 2.05) is 0 Å². The lowest BCUT2D eigenvalue weighted by atomic mass is 10.4. The number of carbonyl (C=O) groups excluding carboxylic acids is 1. The lowest BCUT2D eigenvalue weighted by Crippen LogP contribution is -2.37. The molecule has 1 atom stereocenters. The summed E-state index contributed by atoms with van der Waals surface area (Å²) in [6.07, 6.45) is 0.709. The molecule has 0 aliphatic carbocycles. The van der Waals surface area contributed by atoms with Crippen LogP contribution in [0, 0.1) is 6.92 Å². The molecule has 1 heterocycles. The molecule has 0 bridgehead atoms. The first-order chi connectivity index (χ1) is 8.82. The molecule has 0 aliphatic rings. The number of nitrogens with zero attached hydrogens (tertiary/aromatic N) is 2. The lowest BCUT2D eigenvalue weighted by molar-refractivity contribution is -0.0741. The summed E-state index contributed by atoms with van der Waals surface area (Å²) in [5, 5.41) is 9.31. The van der Waals surface area contributed by atoms with Gasteiger partial charge in [-0.25, -0.2) is 14.7 Å². The molecular weight excluding hydrogens is 256 g/mol. The van der Waals surface area contributed by atoms with Gasteiger partial charge in [-0.1, -0.05) is 0 Å². The normalized spacial score (nSPS) is 12.2. The number of hydroxylamine groups is 2. The number of rotatable bonds is 5. The number of carbonyl (C=O) groups is 1. The Morgan fingerprint density at radius 3 is 2.84 bits per heavy atom. The van der Waals surface area contributed by atoms with Crippen molar-refractivity contribution < 1.29 is 14.7 Å². The van der Waals surface area contributed by atoms with Crippen molar-refractivity contribution in [3.05, 3.63) is 32.6 Å². The fourth-order valence-corrected chi connectivity index (χ4v) is 1.36. The van der Waals surface area contributed by atoms with Crippen molar-refractivity contribution in [3.8, 4) is 0 Å². The largest absolute Gasteiger partial charge is 0.356 e. The van der Waals surface area contributed by atoms with E-state index >= 15 is 0 Å². The second kappa shape index (κ2) is 6.16. The smallest absolute Gasteiger partial charge is 0.338 e. The number of aryl methyl sites for hydroxylation is 1. The summed E-state index contributed by atoms with van der Waals surface area (Å²) in [5.41, 5.74) is 4.13. The van der Waals surface area contributed by atoms with Gasteiger partial charge in [-0.15, -0.1) is 0 Å². The van der Waals surface area contributed by atoms with Gasteiger partial charge in [0.2, 0.25) is 0 Å². The van der Waals surface area contributed by atoms with Crippen LogP contribution in [-0.4, -0.2) is 39.0 Å². The van der Waals surface area contributed by atoms with E-state index in [0.29, 0.717) is 10.6 Å². The molecule has 9 nitrogen and oxygen atoms in total. The highest BCUT2D eigenvalue weighted by Crippen LogP contribution is 2.03. The van der Waals surface area contributed by atoms with Gasteiger partial charge < -0.3 is 10.5 Å². The van der Waals surface area contributed by atoms with Crippen LogP contribution in [0.1, 0.15) is 18.7 Å². The van der Waals surface area contributed by atoms with Crippen LogP contribution in [0.15, 0.2) is 15.8 Å². The average Bonchev–Trinajstić information content (AvgIpc) is 2.33. The monoisotopic (exact) mass is 272 g/mol. The minimum Gasteiger partial charge on any atom is -0.356 e. The fraction of sp³-hybridized carbons (Fsp3) is 0.500. The standard InChI is InChI=1S/C10H16N4O5/c1-6-5-13(10(17)12-8(6)15)7(2)19-4-3-14(18)9(11)16/h5,7,18H,3-4H2,1-2H3,(H2,11,16)(H,12,15,17). The highest BCUT2D eigenvalue weighted by Gasteiger charge is 2.10. The Morgan fingerprint density at radius 2 is 2.26 bits per heavy atom. The molecule has 19 heavy (non-hydrogen) atoms. The molecule has 9 heteroatoms. The predicted octanol–water partition coefficient (Wildman–Crippen LogP) is -0.850. The SMILES string of the molecule is Cc1cn(C(C)OCCN(O)C(N)=O)c(=O)[nH]c1=O. The Bertz CT molecular complexity index is 564. The molecule has 1 aromatic heterocycles. The van der Waals surface area contributed by atoms with Crippen LogP contribution in [0.2, 0.25) is 0 Å². The maximum absolute atomic E-state index is 11.5. The lowest BCUT2D eigenvalue weighted by Gasteiger charge is -2.17. The minimum absolute atomic E-state index is 0.0226. The molecule has 4 N–H and O–H groups in total. The van der Waals surface area contributed by atoms with Crippen LogP contribution in [0.3, 0.4) is 0 Å². The molecule has 106 valence electrons.